The lowest BCUT2D eigenvalue weighted by molar-refractivity contribution is -0.114. The maximum atomic E-state index is 13.1. The summed E-state index contributed by atoms with van der Waals surface area (Å²) in [4.78, 5) is 16.0. The predicted octanol–water partition coefficient (Wildman–Crippen LogP) is 2.90. The van der Waals surface area contributed by atoms with Gasteiger partial charge in [-0.3, -0.25) is 4.79 Å². The molecule has 7 nitrogen and oxygen atoms in total. The largest absolute Gasteiger partial charge is 0.497 e. The van der Waals surface area contributed by atoms with Crippen LogP contribution < -0.4 is 10.5 Å². The van der Waals surface area contributed by atoms with Crippen LogP contribution in [0.4, 0.5) is 5.69 Å². The van der Waals surface area contributed by atoms with Crippen molar-refractivity contribution in [2.24, 2.45) is 0 Å². The summed E-state index contributed by atoms with van der Waals surface area (Å²) in [6.45, 7) is 4.74. The quantitative estimate of drug-likeness (QED) is 0.727. The van der Waals surface area contributed by atoms with Crippen molar-refractivity contribution in [2.75, 3.05) is 33.0 Å². The van der Waals surface area contributed by atoms with Crippen molar-refractivity contribution >= 4 is 33.1 Å². The number of aromatic nitrogens is 2. The normalized spacial score (nSPS) is 15.5. The summed E-state index contributed by atoms with van der Waals surface area (Å²) >= 11 is 1.29. The minimum absolute atomic E-state index is 0.104. The molecular formula is C20H22N4O3S. The van der Waals surface area contributed by atoms with E-state index in [1.54, 1.807) is 19.1 Å². The first-order chi connectivity index (χ1) is 13.4. The van der Waals surface area contributed by atoms with Gasteiger partial charge in [0.2, 0.25) is 0 Å². The summed E-state index contributed by atoms with van der Waals surface area (Å²) in [5.41, 5.74) is 9.03. The highest BCUT2D eigenvalue weighted by Gasteiger charge is 2.48. The summed E-state index contributed by atoms with van der Waals surface area (Å²) < 4.78 is 11.1. The Balaban J connectivity index is 1.62. The summed E-state index contributed by atoms with van der Waals surface area (Å²) in [6, 6.07) is 7.75. The first kappa shape index (κ1) is 18.6. The zero-order valence-electron chi connectivity index (χ0n) is 16.3. The molecule has 2 N–H and O–H groups in total. The topological polar surface area (TPSA) is 90.6 Å². The van der Waals surface area contributed by atoms with Gasteiger partial charge in [0.15, 0.2) is 0 Å². The van der Waals surface area contributed by atoms with E-state index in [0.717, 1.165) is 28.0 Å². The Bertz CT molecular complexity index is 1070. The minimum atomic E-state index is -0.540. The molecular weight excluding hydrogens is 376 g/mol. The molecule has 0 radical (unpaired) electrons. The molecule has 1 amide bonds. The van der Waals surface area contributed by atoms with Crippen molar-refractivity contribution in [1.82, 2.24) is 15.1 Å². The zero-order chi connectivity index (χ0) is 20.1. The van der Waals surface area contributed by atoms with Gasteiger partial charge in [-0.25, -0.2) is 0 Å². The van der Waals surface area contributed by atoms with Gasteiger partial charge in [0.25, 0.3) is 5.91 Å². The summed E-state index contributed by atoms with van der Waals surface area (Å²) in [7, 11) is 3.29. The zero-order valence-corrected chi connectivity index (χ0v) is 17.1. The first-order valence-electron chi connectivity index (χ1n) is 8.91. The monoisotopic (exact) mass is 398 g/mol. The molecule has 1 aliphatic heterocycles. The van der Waals surface area contributed by atoms with Gasteiger partial charge >= 0.3 is 0 Å². The fourth-order valence-electron chi connectivity index (χ4n) is 3.59. The number of amides is 1. The Labute approximate surface area is 167 Å². The standard InChI is InChI=1S/C20H22N4O3S/c1-11-12(2)22-23-18-15(11)16(21)17(28-18)19(25)24-9-20(10-24,27-4)13-6-5-7-14(8-13)26-3/h5-8H,9-10,21H2,1-4H3. The van der Waals surface area contributed by atoms with Crippen LogP contribution >= 0.6 is 11.3 Å². The van der Waals surface area contributed by atoms with Gasteiger partial charge in [0.1, 0.15) is 21.1 Å². The van der Waals surface area contributed by atoms with Gasteiger partial charge in [-0.05, 0) is 37.1 Å². The molecule has 0 aliphatic carbocycles. The maximum absolute atomic E-state index is 13.1. The summed E-state index contributed by atoms with van der Waals surface area (Å²) in [5, 5.41) is 9.17. The van der Waals surface area contributed by atoms with Gasteiger partial charge in [-0.1, -0.05) is 12.1 Å². The van der Waals surface area contributed by atoms with Crippen LogP contribution in [0.15, 0.2) is 24.3 Å². The number of nitrogen functional groups attached to an aromatic ring is 1. The van der Waals surface area contributed by atoms with Crippen LogP contribution in [0, 0.1) is 13.8 Å². The average molecular weight is 398 g/mol. The van der Waals surface area contributed by atoms with E-state index in [-0.39, 0.29) is 5.91 Å². The van der Waals surface area contributed by atoms with Crippen LogP contribution in [-0.2, 0) is 10.3 Å². The number of methoxy groups -OCH3 is 2. The van der Waals surface area contributed by atoms with Gasteiger partial charge in [0.05, 0.1) is 31.6 Å². The fraction of sp³-hybridized carbons (Fsp3) is 0.350. The maximum Gasteiger partial charge on any atom is 0.266 e. The number of rotatable bonds is 4. The van der Waals surface area contributed by atoms with Crippen LogP contribution in [0.1, 0.15) is 26.5 Å². The molecule has 4 rings (SSSR count). The fourth-order valence-corrected chi connectivity index (χ4v) is 4.66. The molecule has 1 saturated heterocycles. The Morgan fingerprint density at radius 1 is 1.25 bits per heavy atom. The third-order valence-electron chi connectivity index (χ3n) is 5.50. The predicted molar refractivity (Wildman–Crippen MR) is 109 cm³/mol. The van der Waals surface area contributed by atoms with E-state index < -0.39 is 5.60 Å². The third kappa shape index (κ3) is 2.71. The number of hydrogen-bond acceptors (Lipinski definition) is 7. The number of fused-ring (bicyclic) bond motifs is 1. The van der Waals surface area contributed by atoms with Gasteiger partial charge < -0.3 is 20.1 Å². The van der Waals surface area contributed by atoms with Crippen molar-refractivity contribution in [3.63, 3.8) is 0 Å². The third-order valence-corrected chi connectivity index (χ3v) is 6.57. The van der Waals surface area contributed by atoms with Crippen LogP contribution in [0.3, 0.4) is 0 Å². The van der Waals surface area contributed by atoms with Crippen LogP contribution in [-0.4, -0.2) is 48.3 Å². The van der Waals surface area contributed by atoms with Crippen molar-refractivity contribution in [2.45, 2.75) is 19.4 Å². The number of likely N-dealkylation sites (tertiary alicyclic amines) is 1. The Morgan fingerprint density at radius 3 is 2.68 bits per heavy atom. The molecule has 8 heteroatoms. The SMILES string of the molecule is COc1cccc(C2(OC)CN(C(=O)c3sc4nnc(C)c(C)c4c3N)C2)c1. The Hall–Kier alpha value is -2.71. The van der Waals surface area contributed by atoms with E-state index in [1.807, 2.05) is 38.1 Å². The van der Waals surface area contributed by atoms with Gasteiger partial charge in [-0.2, -0.15) is 5.10 Å². The van der Waals surface area contributed by atoms with E-state index in [0.29, 0.717) is 28.5 Å². The number of aryl methyl sites for hydroxylation is 2. The minimum Gasteiger partial charge on any atom is -0.497 e. The van der Waals surface area contributed by atoms with Crippen LogP contribution in [0.2, 0.25) is 0 Å². The van der Waals surface area contributed by atoms with E-state index in [2.05, 4.69) is 10.2 Å². The van der Waals surface area contributed by atoms with Crippen LogP contribution in [0.25, 0.3) is 10.2 Å². The van der Waals surface area contributed by atoms with Gasteiger partial charge in [-0.15, -0.1) is 16.4 Å². The molecule has 3 aromatic rings. The molecule has 2 aromatic heterocycles. The second-order valence-corrected chi connectivity index (χ2v) is 8.03. The molecule has 1 fully saturated rings. The number of nitrogens with zero attached hydrogens (tertiary/aromatic N) is 3. The van der Waals surface area contributed by atoms with E-state index in [9.17, 15) is 4.79 Å². The number of benzene rings is 1. The molecule has 3 heterocycles. The smallest absolute Gasteiger partial charge is 0.266 e. The van der Waals surface area contributed by atoms with E-state index >= 15 is 0 Å². The number of nitrogens with two attached hydrogens (primary N) is 1. The second-order valence-electron chi connectivity index (χ2n) is 7.03. The van der Waals surface area contributed by atoms with Crippen molar-refractivity contribution in [3.05, 3.63) is 46.0 Å². The number of anilines is 1. The van der Waals surface area contributed by atoms with Crippen molar-refractivity contribution < 1.29 is 14.3 Å². The second kappa shape index (κ2) is 6.72. The lowest BCUT2D eigenvalue weighted by Gasteiger charge is -2.49. The van der Waals surface area contributed by atoms with Crippen molar-refractivity contribution in [1.29, 1.82) is 0 Å². The highest BCUT2D eigenvalue weighted by Crippen LogP contribution is 2.41. The highest BCUT2D eigenvalue weighted by atomic mass is 32.1. The van der Waals surface area contributed by atoms with Crippen molar-refractivity contribution in [3.8, 4) is 5.75 Å². The molecule has 0 unspecified atom stereocenters. The summed E-state index contributed by atoms with van der Waals surface area (Å²) in [5.74, 6) is 0.657. The number of hydrogen-bond donors (Lipinski definition) is 1. The molecule has 1 aromatic carbocycles. The van der Waals surface area contributed by atoms with Crippen LogP contribution in [0.5, 0.6) is 5.75 Å². The molecule has 28 heavy (non-hydrogen) atoms. The Kier molecular flexibility index (Phi) is 4.47. The highest BCUT2D eigenvalue weighted by molar-refractivity contribution is 7.21. The Morgan fingerprint density at radius 2 is 2.00 bits per heavy atom. The average Bonchev–Trinajstić information content (AvgIpc) is 3.01. The molecule has 0 saturated carbocycles. The number of carbonyl (C=O) groups is 1. The molecule has 1 aliphatic rings. The first-order valence-corrected chi connectivity index (χ1v) is 9.72. The van der Waals surface area contributed by atoms with E-state index in [4.69, 9.17) is 15.2 Å². The lowest BCUT2D eigenvalue weighted by atomic mass is 9.85. The number of ether oxygens (including phenoxy) is 2. The lowest BCUT2D eigenvalue weighted by Crippen LogP contribution is -2.62. The number of thiophene rings is 1. The summed E-state index contributed by atoms with van der Waals surface area (Å²) in [6.07, 6.45) is 0. The molecule has 0 spiro atoms. The molecule has 146 valence electrons. The molecule has 0 atom stereocenters. The number of carbonyl (C=O) groups excluding carboxylic acids is 1. The molecule has 0 bridgehead atoms. The van der Waals surface area contributed by atoms with Gasteiger partial charge in [0, 0.05) is 12.5 Å². The van der Waals surface area contributed by atoms with E-state index in [1.165, 1.54) is 11.3 Å².